The highest BCUT2D eigenvalue weighted by Crippen LogP contribution is 2.17. The molecule has 62 valence electrons. The molecule has 0 aromatic carbocycles. The number of amides is 3. The van der Waals surface area contributed by atoms with E-state index >= 15 is 0 Å². The highest BCUT2D eigenvalue weighted by Gasteiger charge is 2.22. The third-order valence-corrected chi connectivity index (χ3v) is 1.37. The molecule has 0 aromatic heterocycles. The van der Waals surface area contributed by atoms with Crippen LogP contribution in [0.5, 0.6) is 0 Å². The van der Waals surface area contributed by atoms with Crippen molar-refractivity contribution < 1.29 is 9.59 Å². The minimum atomic E-state index is -0.670. The quantitative estimate of drug-likeness (QED) is 0.487. The Morgan fingerprint density at radius 2 is 2.09 bits per heavy atom. The lowest BCUT2D eigenvalue weighted by atomic mass is 10.5. The molecule has 0 unspecified atom stereocenters. The average Bonchev–Trinajstić information content (AvgIpc) is 2.67. The van der Waals surface area contributed by atoms with E-state index in [-0.39, 0.29) is 12.5 Å². The maximum atomic E-state index is 10.8. The zero-order chi connectivity index (χ0) is 8.27. The van der Waals surface area contributed by atoms with E-state index in [4.69, 9.17) is 5.73 Å². The molecule has 0 spiro atoms. The highest BCUT2D eigenvalue weighted by molar-refractivity contribution is 5.83. The van der Waals surface area contributed by atoms with Crippen LogP contribution in [0.15, 0.2) is 0 Å². The van der Waals surface area contributed by atoms with Gasteiger partial charge in [-0.05, 0) is 12.8 Å². The molecule has 0 atom stereocenters. The monoisotopic (exact) mass is 157 g/mol. The minimum absolute atomic E-state index is 0.0220. The van der Waals surface area contributed by atoms with Crippen LogP contribution in [0.25, 0.3) is 0 Å². The van der Waals surface area contributed by atoms with E-state index in [0.29, 0.717) is 6.04 Å². The molecule has 5 heteroatoms. The molecule has 1 saturated carbocycles. The van der Waals surface area contributed by atoms with E-state index in [0.717, 1.165) is 12.8 Å². The van der Waals surface area contributed by atoms with Crippen LogP contribution in [-0.2, 0) is 4.79 Å². The summed E-state index contributed by atoms with van der Waals surface area (Å²) in [6.07, 6.45) is 2.09. The van der Waals surface area contributed by atoms with Gasteiger partial charge in [-0.15, -0.1) is 0 Å². The standard InChI is InChI=1S/C6H11N3O2/c7-6(11)8-3-5(10)9-4-1-2-4/h4H,1-3H2,(H,9,10)(H3,7,8,11). The number of hydrogen-bond donors (Lipinski definition) is 3. The molecule has 0 aromatic rings. The first kappa shape index (κ1) is 7.84. The minimum Gasteiger partial charge on any atom is -0.352 e. The number of urea groups is 1. The van der Waals surface area contributed by atoms with Gasteiger partial charge in [-0.1, -0.05) is 0 Å². The van der Waals surface area contributed by atoms with Gasteiger partial charge in [-0.2, -0.15) is 0 Å². The smallest absolute Gasteiger partial charge is 0.312 e. The Kier molecular flexibility index (Phi) is 2.30. The Bertz CT molecular complexity index is 177. The molecule has 0 heterocycles. The first-order valence-corrected chi connectivity index (χ1v) is 3.51. The molecule has 0 aliphatic heterocycles. The van der Waals surface area contributed by atoms with Gasteiger partial charge in [-0.3, -0.25) is 4.79 Å². The number of hydrogen-bond acceptors (Lipinski definition) is 2. The summed E-state index contributed by atoms with van der Waals surface area (Å²) in [5.41, 5.74) is 4.76. The zero-order valence-corrected chi connectivity index (χ0v) is 6.09. The molecule has 3 amide bonds. The van der Waals surface area contributed by atoms with Gasteiger partial charge in [0, 0.05) is 6.04 Å². The van der Waals surface area contributed by atoms with Crippen LogP contribution in [0.4, 0.5) is 4.79 Å². The lowest BCUT2D eigenvalue weighted by molar-refractivity contribution is -0.120. The summed E-state index contributed by atoms with van der Waals surface area (Å²) in [6, 6.07) is -0.340. The van der Waals surface area contributed by atoms with Crippen molar-refractivity contribution in [2.75, 3.05) is 6.54 Å². The van der Waals surface area contributed by atoms with Crippen LogP contribution in [-0.4, -0.2) is 24.5 Å². The normalized spacial score (nSPS) is 15.6. The van der Waals surface area contributed by atoms with Gasteiger partial charge in [0.1, 0.15) is 0 Å². The SMILES string of the molecule is NC(=O)NCC(=O)NC1CC1. The average molecular weight is 157 g/mol. The van der Waals surface area contributed by atoms with Crippen molar-refractivity contribution in [1.29, 1.82) is 0 Å². The number of rotatable bonds is 3. The van der Waals surface area contributed by atoms with Gasteiger partial charge in [0.2, 0.25) is 5.91 Å². The van der Waals surface area contributed by atoms with E-state index in [1.165, 1.54) is 0 Å². The predicted octanol–water partition coefficient (Wildman–Crippen LogP) is -1.07. The first-order chi connectivity index (χ1) is 5.18. The molecule has 11 heavy (non-hydrogen) atoms. The Morgan fingerprint density at radius 3 is 2.55 bits per heavy atom. The summed E-state index contributed by atoms with van der Waals surface area (Å²) in [5.74, 6) is -0.175. The molecule has 0 saturated heterocycles. The van der Waals surface area contributed by atoms with Crippen molar-refractivity contribution >= 4 is 11.9 Å². The topological polar surface area (TPSA) is 84.2 Å². The maximum Gasteiger partial charge on any atom is 0.312 e. The van der Waals surface area contributed by atoms with Crippen LogP contribution >= 0.6 is 0 Å². The maximum absolute atomic E-state index is 10.8. The second-order valence-corrected chi connectivity index (χ2v) is 2.56. The molecule has 1 aliphatic carbocycles. The fraction of sp³-hybridized carbons (Fsp3) is 0.667. The fourth-order valence-electron chi connectivity index (χ4n) is 0.674. The van der Waals surface area contributed by atoms with Gasteiger partial charge in [0.15, 0.2) is 0 Å². The molecular formula is C6H11N3O2. The largest absolute Gasteiger partial charge is 0.352 e. The van der Waals surface area contributed by atoms with E-state index in [2.05, 4.69) is 10.6 Å². The Hall–Kier alpha value is -1.26. The van der Waals surface area contributed by atoms with Crippen molar-refractivity contribution in [2.24, 2.45) is 5.73 Å². The van der Waals surface area contributed by atoms with Crippen molar-refractivity contribution in [1.82, 2.24) is 10.6 Å². The lowest BCUT2D eigenvalue weighted by Crippen LogP contribution is -2.40. The molecule has 1 fully saturated rings. The number of primary amides is 1. The van der Waals surface area contributed by atoms with Crippen LogP contribution in [0, 0.1) is 0 Å². The fourth-order valence-corrected chi connectivity index (χ4v) is 0.674. The first-order valence-electron chi connectivity index (χ1n) is 3.51. The molecule has 1 aliphatic rings. The van der Waals surface area contributed by atoms with E-state index in [9.17, 15) is 9.59 Å². The lowest BCUT2D eigenvalue weighted by Gasteiger charge is -2.02. The van der Waals surface area contributed by atoms with Gasteiger partial charge in [0.25, 0.3) is 0 Å². The third-order valence-electron chi connectivity index (χ3n) is 1.37. The summed E-state index contributed by atoms with van der Waals surface area (Å²) >= 11 is 0. The van der Waals surface area contributed by atoms with Crippen molar-refractivity contribution in [3.05, 3.63) is 0 Å². The molecule has 0 radical (unpaired) electrons. The Labute approximate surface area is 64.3 Å². The third kappa shape index (κ3) is 3.44. The van der Waals surface area contributed by atoms with Crippen molar-refractivity contribution in [3.8, 4) is 0 Å². The van der Waals surface area contributed by atoms with Gasteiger partial charge < -0.3 is 16.4 Å². The highest BCUT2D eigenvalue weighted by atomic mass is 16.2. The van der Waals surface area contributed by atoms with Crippen LogP contribution in [0.3, 0.4) is 0 Å². The molecule has 1 rings (SSSR count). The molecular weight excluding hydrogens is 146 g/mol. The second-order valence-electron chi connectivity index (χ2n) is 2.56. The Morgan fingerprint density at radius 1 is 1.45 bits per heavy atom. The summed E-state index contributed by atoms with van der Waals surface area (Å²) in [7, 11) is 0. The van der Waals surface area contributed by atoms with Crippen molar-refractivity contribution in [3.63, 3.8) is 0 Å². The number of nitrogens with one attached hydrogen (secondary N) is 2. The van der Waals surface area contributed by atoms with Gasteiger partial charge in [0.05, 0.1) is 6.54 Å². The molecule has 4 N–H and O–H groups in total. The molecule has 5 nitrogen and oxygen atoms in total. The van der Waals surface area contributed by atoms with Crippen LogP contribution < -0.4 is 16.4 Å². The van der Waals surface area contributed by atoms with E-state index in [1.54, 1.807) is 0 Å². The van der Waals surface area contributed by atoms with Crippen LogP contribution in [0.2, 0.25) is 0 Å². The number of nitrogens with two attached hydrogens (primary N) is 1. The summed E-state index contributed by atoms with van der Waals surface area (Å²) < 4.78 is 0. The molecule has 0 bridgehead atoms. The van der Waals surface area contributed by atoms with Crippen LogP contribution in [0.1, 0.15) is 12.8 Å². The number of carbonyl (C=O) groups excluding carboxylic acids is 2. The summed E-state index contributed by atoms with van der Waals surface area (Å²) in [6.45, 7) is -0.0220. The second kappa shape index (κ2) is 3.23. The predicted molar refractivity (Wildman–Crippen MR) is 38.8 cm³/mol. The summed E-state index contributed by atoms with van der Waals surface area (Å²) in [4.78, 5) is 21.0. The van der Waals surface area contributed by atoms with E-state index in [1.807, 2.05) is 0 Å². The summed E-state index contributed by atoms with van der Waals surface area (Å²) in [5, 5.41) is 4.91. The Balaban J connectivity index is 2.04. The number of carbonyl (C=O) groups is 2. The van der Waals surface area contributed by atoms with E-state index < -0.39 is 6.03 Å². The van der Waals surface area contributed by atoms with Gasteiger partial charge in [-0.25, -0.2) is 4.79 Å². The van der Waals surface area contributed by atoms with Gasteiger partial charge >= 0.3 is 6.03 Å². The zero-order valence-electron chi connectivity index (χ0n) is 6.09. The van der Waals surface area contributed by atoms with Crippen molar-refractivity contribution in [2.45, 2.75) is 18.9 Å².